The molecular weight excluding hydrogens is 248 g/mol. The van der Waals surface area contributed by atoms with E-state index in [0.717, 1.165) is 6.54 Å². The molecular formula is C12H20N4O3. The van der Waals surface area contributed by atoms with Gasteiger partial charge in [0.1, 0.15) is 11.4 Å². The van der Waals surface area contributed by atoms with Crippen molar-refractivity contribution in [3.63, 3.8) is 0 Å². The number of nitro groups is 1. The number of nitro benzene ring substituents is 1. The Morgan fingerprint density at radius 1 is 1.42 bits per heavy atom. The van der Waals surface area contributed by atoms with E-state index in [4.69, 9.17) is 10.5 Å². The zero-order valence-corrected chi connectivity index (χ0v) is 11.3. The third kappa shape index (κ3) is 5.11. The number of likely N-dealkylation sites (N-methyl/N-ethyl adjacent to an activating group) is 1. The van der Waals surface area contributed by atoms with E-state index in [1.807, 2.05) is 19.0 Å². The zero-order valence-electron chi connectivity index (χ0n) is 11.3. The van der Waals surface area contributed by atoms with E-state index >= 15 is 0 Å². The molecule has 0 radical (unpaired) electrons. The molecule has 0 heterocycles. The molecule has 0 aliphatic heterocycles. The van der Waals surface area contributed by atoms with Crippen LogP contribution in [-0.4, -0.2) is 50.2 Å². The molecule has 0 unspecified atom stereocenters. The molecule has 7 heteroatoms. The molecule has 0 spiro atoms. The van der Waals surface area contributed by atoms with Crippen molar-refractivity contribution in [1.29, 1.82) is 0 Å². The van der Waals surface area contributed by atoms with Gasteiger partial charge < -0.3 is 20.7 Å². The van der Waals surface area contributed by atoms with Crippen LogP contribution in [0.4, 0.5) is 17.1 Å². The lowest BCUT2D eigenvalue weighted by molar-refractivity contribution is -0.383. The minimum atomic E-state index is -0.482. The second kappa shape index (κ2) is 7.55. The van der Waals surface area contributed by atoms with E-state index in [0.29, 0.717) is 25.4 Å². The third-order valence-electron chi connectivity index (χ3n) is 2.49. The van der Waals surface area contributed by atoms with Gasteiger partial charge in [-0.1, -0.05) is 6.07 Å². The van der Waals surface area contributed by atoms with Crippen molar-refractivity contribution in [2.45, 2.75) is 0 Å². The van der Waals surface area contributed by atoms with Gasteiger partial charge in [0.05, 0.1) is 18.1 Å². The SMILES string of the molecule is CN(C)CCOCCNc1cccc(N)c1[N+](=O)[O-]. The number of nitrogen functional groups attached to an aromatic ring is 1. The molecule has 1 rings (SSSR count). The molecule has 0 saturated carbocycles. The first-order valence-corrected chi connectivity index (χ1v) is 6.01. The molecule has 0 atom stereocenters. The van der Waals surface area contributed by atoms with Crippen LogP contribution in [0, 0.1) is 10.1 Å². The molecule has 1 aromatic carbocycles. The standard InChI is InChI=1S/C12H20N4O3/c1-15(2)7-9-19-8-6-14-11-5-3-4-10(13)12(11)16(17)18/h3-5,14H,6-9,13H2,1-2H3. The van der Waals surface area contributed by atoms with Crippen molar-refractivity contribution in [2.24, 2.45) is 0 Å². The summed E-state index contributed by atoms with van der Waals surface area (Å²) in [5.74, 6) is 0. The van der Waals surface area contributed by atoms with Crippen molar-refractivity contribution >= 4 is 17.1 Å². The summed E-state index contributed by atoms with van der Waals surface area (Å²) >= 11 is 0. The first-order valence-electron chi connectivity index (χ1n) is 6.01. The molecule has 0 aliphatic carbocycles. The van der Waals surface area contributed by atoms with Gasteiger partial charge in [-0.15, -0.1) is 0 Å². The number of rotatable bonds is 8. The van der Waals surface area contributed by atoms with E-state index in [9.17, 15) is 10.1 Å². The van der Waals surface area contributed by atoms with Crippen molar-refractivity contribution < 1.29 is 9.66 Å². The molecule has 19 heavy (non-hydrogen) atoms. The highest BCUT2D eigenvalue weighted by atomic mass is 16.6. The number of nitrogens with zero attached hydrogens (tertiary/aromatic N) is 2. The van der Waals surface area contributed by atoms with Gasteiger partial charge in [0.15, 0.2) is 0 Å². The van der Waals surface area contributed by atoms with E-state index < -0.39 is 4.92 Å². The monoisotopic (exact) mass is 268 g/mol. The molecule has 7 nitrogen and oxygen atoms in total. The number of hydrogen-bond donors (Lipinski definition) is 2. The van der Waals surface area contributed by atoms with Crippen LogP contribution in [0.25, 0.3) is 0 Å². The number of ether oxygens (including phenoxy) is 1. The minimum absolute atomic E-state index is 0.0872. The molecule has 106 valence electrons. The highest BCUT2D eigenvalue weighted by Crippen LogP contribution is 2.30. The lowest BCUT2D eigenvalue weighted by Crippen LogP contribution is -2.20. The fraction of sp³-hybridized carbons (Fsp3) is 0.500. The van der Waals surface area contributed by atoms with Gasteiger partial charge in [0.2, 0.25) is 0 Å². The van der Waals surface area contributed by atoms with Gasteiger partial charge in [-0.3, -0.25) is 10.1 Å². The average Bonchev–Trinajstić information content (AvgIpc) is 2.32. The van der Waals surface area contributed by atoms with Crippen LogP contribution < -0.4 is 11.1 Å². The van der Waals surface area contributed by atoms with Crippen LogP contribution in [0.15, 0.2) is 18.2 Å². The van der Waals surface area contributed by atoms with Crippen molar-refractivity contribution in [3.05, 3.63) is 28.3 Å². The smallest absolute Gasteiger partial charge is 0.314 e. The van der Waals surface area contributed by atoms with E-state index in [-0.39, 0.29) is 11.4 Å². The van der Waals surface area contributed by atoms with Gasteiger partial charge in [0, 0.05) is 13.1 Å². The summed E-state index contributed by atoms with van der Waals surface area (Å²) in [5, 5.41) is 13.9. The van der Waals surface area contributed by atoms with Gasteiger partial charge in [0.25, 0.3) is 0 Å². The molecule has 0 aromatic heterocycles. The molecule has 3 N–H and O–H groups in total. The van der Waals surface area contributed by atoms with Crippen LogP contribution in [-0.2, 0) is 4.74 Å². The predicted molar refractivity (Wildman–Crippen MR) is 75.4 cm³/mol. The number of hydrogen-bond acceptors (Lipinski definition) is 6. The number of anilines is 2. The van der Waals surface area contributed by atoms with Crippen molar-refractivity contribution in [2.75, 3.05) is 51.4 Å². The quantitative estimate of drug-likeness (QED) is 0.318. The first-order chi connectivity index (χ1) is 9.02. The van der Waals surface area contributed by atoms with Crippen LogP contribution in [0.2, 0.25) is 0 Å². The normalized spacial score (nSPS) is 10.7. The Hall–Kier alpha value is -1.86. The summed E-state index contributed by atoms with van der Waals surface area (Å²) in [4.78, 5) is 12.4. The summed E-state index contributed by atoms with van der Waals surface area (Å²) in [6.45, 7) is 2.46. The number of para-hydroxylation sites is 1. The van der Waals surface area contributed by atoms with Crippen LogP contribution in [0.3, 0.4) is 0 Å². The van der Waals surface area contributed by atoms with E-state index in [2.05, 4.69) is 5.32 Å². The summed E-state index contributed by atoms with van der Waals surface area (Å²) in [7, 11) is 3.94. The van der Waals surface area contributed by atoms with Crippen LogP contribution in [0.1, 0.15) is 0 Å². The maximum absolute atomic E-state index is 10.9. The van der Waals surface area contributed by atoms with Gasteiger partial charge in [-0.25, -0.2) is 0 Å². The Labute approximate surface area is 112 Å². The Morgan fingerprint density at radius 2 is 2.16 bits per heavy atom. The lowest BCUT2D eigenvalue weighted by Gasteiger charge is -2.11. The van der Waals surface area contributed by atoms with Gasteiger partial charge in [-0.2, -0.15) is 0 Å². The van der Waals surface area contributed by atoms with E-state index in [1.54, 1.807) is 12.1 Å². The fourth-order valence-electron chi connectivity index (χ4n) is 1.51. The topological polar surface area (TPSA) is 93.7 Å². The molecule has 0 bridgehead atoms. The average molecular weight is 268 g/mol. The third-order valence-corrected chi connectivity index (χ3v) is 2.49. The molecule has 1 aromatic rings. The van der Waals surface area contributed by atoms with Crippen molar-refractivity contribution in [1.82, 2.24) is 4.90 Å². The summed E-state index contributed by atoms with van der Waals surface area (Å²) < 4.78 is 5.39. The maximum atomic E-state index is 10.9. The molecule has 0 saturated heterocycles. The second-order valence-electron chi connectivity index (χ2n) is 4.34. The highest BCUT2D eigenvalue weighted by Gasteiger charge is 2.16. The summed E-state index contributed by atoms with van der Waals surface area (Å²) in [5.41, 5.74) is 6.08. The molecule has 0 fully saturated rings. The number of nitrogens with one attached hydrogen (secondary N) is 1. The second-order valence-corrected chi connectivity index (χ2v) is 4.34. The fourth-order valence-corrected chi connectivity index (χ4v) is 1.51. The number of benzene rings is 1. The zero-order chi connectivity index (χ0) is 14.3. The first kappa shape index (κ1) is 15.2. The molecule has 0 aliphatic rings. The van der Waals surface area contributed by atoms with Crippen LogP contribution >= 0.6 is 0 Å². The van der Waals surface area contributed by atoms with Gasteiger partial charge in [-0.05, 0) is 26.2 Å². The highest BCUT2D eigenvalue weighted by molar-refractivity contribution is 5.74. The lowest BCUT2D eigenvalue weighted by atomic mass is 10.2. The van der Waals surface area contributed by atoms with Crippen LogP contribution in [0.5, 0.6) is 0 Å². The predicted octanol–water partition coefficient (Wildman–Crippen LogP) is 1.17. The number of nitrogens with two attached hydrogens (primary N) is 1. The van der Waals surface area contributed by atoms with Crippen molar-refractivity contribution in [3.8, 4) is 0 Å². The molecule has 0 amide bonds. The Bertz CT molecular complexity index is 423. The summed E-state index contributed by atoms with van der Waals surface area (Å²) in [6.07, 6.45) is 0. The largest absolute Gasteiger partial charge is 0.393 e. The Morgan fingerprint density at radius 3 is 2.79 bits per heavy atom. The summed E-state index contributed by atoms with van der Waals surface area (Å²) in [6, 6.07) is 4.82. The van der Waals surface area contributed by atoms with Gasteiger partial charge >= 0.3 is 5.69 Å². The Balaban J connectivity index is 2.41. The maximum Gasteiger partial charge on any atom is 0.314 e. The Kier molecular flexibility index (Phi) is 6.04. The minimum Gasteiger partial charge on any atom is -0.393 e. The van der Waals surface area contributed by atoms with E-state index in [1.165, 1.54) is 6.07 Å².